The molecule has 8 aromatic carbocycles. The lowest BCUT2D eigenvalue weighted by molar-refractivity contribution is 0.435. The van der Waals surface area contributed by atoms with Crippen LogP contribution in [0.4, 0.5) is 17.1 Å². The summed E-state index contributed by atoms with van der Waals surface area (Å²) in [7, 11) is 0. The van der Waals surface area contributed by atoms with Gasteiger partial charge in [-0.3, -0.25) is 0 Å². The number of thiophene rings is 1. The van der Waals surface area contributed by atoms with Crippen LogP contribution in [0.25, 0.3) is 42.1 Å². The first-order valence-electron chi connectivity index (χ1n) is 17.1. The average Bonchev–Trinajstić information content (AvgIpc) is 3.55. The summed E-state index contributed by atoms with van der Waals surface area (Å²) in [5, 5.41) is 5.16. The number of ether oxygens (including phenoxy) is 1. The van der Waals surface area contributed by atoms with Crippen molar-refractivity contribution in [1.82, 2.24) is 0 Å². The summed E-state index contributed by atoms with van der Waals surface area (Å²) in [5.41, 5.74) is 10.2. The molecule has 3 heteroatoms. The number of fused-ring (bicyclic) bond motifs is 11. The molecule has 11 rings (SSSR count). The van der Waals surface area contributed by atoms with Crippen molar-refractivity contribution in [3.63, 3.8) is 0 Å². The van der Waals surface area contributed by atoms with Crippen LogP contribution in [0.2, 0.25) is 0 Å². The van der Waals surface area contributed by atoms with Gasteiger partial charge in [-0.25, -0.2) is 0 Å². The molecule has 0 radical (unpaired) electrons. The summed E-state index contributed by atoms with van der Waals surface area (Å²) < 4.78 is 9.27. The fraction of sp³-hybridized carbons (Fsp3) is 0.0213. The highest BCUT2D eigenvalue weighted by Gasteiger charge is 2.49. The Balaban J connectivity index is 1.24. The molecule has 1 aromatic heterocycles. The minimum atomic E-state index is -0.595. The van der Waals surface area contributed by atoms with Gasteiger partial charge in [-0.1, -0.05) is 121 Å². The predicted octanol–water partition coefficient (Wildman–Crippen LogP) is 13.1. The van der Waals surface area contributed by atoms with Crippen LogP contribution < -0.4 is 9.64 Å². The summed E-state index contributed by atoms with van der Waals surface area (Å²) >= 11 is 1.86. The van der Waals surface area contributed by atoms with Gasteiger partial charge in [0.05, 0.1) is 5.41 Å². The second-order valence-corrected chi connectivity index (χ2v) is 14.3. The zero-order valence-electron chi connectivity index (χ0n) is 27.0. The molecule has 50 heavy (non-hydrogen) atoms. The summed E-state index contributed by atoms with van der Waals surface area (Å²) in [5.74, 6) is 1.79. The summed E-state index contributed by atoms with van der Waals surface area (Å²) in [4.78, 5) is 2.41. The van der Waals surface area contributed by atoms with E-state index in [-0.39, 0.29) is 0 Å². The van der Waals surface area contributed by atoms with Crippen molar-refractivity contribution >= 4 is 59.3 Å². The van der Waals surface area contributed by atoms with Crippen molar-refractivity contribution in [3.05, 3.63) is 198 Å². The standard InChI is InChI=1S/C47H29NOS/c1-2-14-31(15-3-1)48(33-25-27-36-35-16-4-9-23-44(35)50-45(36)29-33)32-24-26-34-37-17-10-12-30-13-11-20-40(46(30)37)47(41(34)28-32)38-18-5-7-21-42(38)49-43-22-8-6-19-39(43)47/h1-29H. The maximum atomic E-state index is 6.68. The molecule has 2 aliphatic rings. The zero-order valence-corrected chi connectivity index (χ0v) is 27.8. The molecule has 0 saturated carbocycles. The maximum absolute atomic E-state index is 6.68. The molecule has 0 saturated heterocycles. The first-order valence-corrected chi connectivity index (χ1v) is 17.9. The van der Waals surface area contributed by atoms with Crippen molar-refractivity contribution in [2.24, 2.45) is 0 Å². The quantitative estimate of drug-likeness (QED) is 0.188. The molecular formula is C47H29NOS. The Kier molecular flexibility index (Phi) is 5.78. The van der Waals surface area contributed by atoms with Crippen LogP contribution in [-0.2, 0) is 5.41 Å². The van der Waals surface area contributed by atoms with Crippen LogP contribution in [-0.4, -0.2) is 0 Å². The first kappa shape index (κ1) is 27.8. The number of hydrogen-bond donors (Lipinski definition) is 0. The molecule has 1 aliphatic carbocycles. The molecule has 0 unspecified atom stereocenters. The van der Waals surface area contributed by atoms with E-state index in [0.717, 1.165) is 39.7 Å². The number of para-hydroxylation sites is 3. The first-order chi connectivity index (χ1) is 24.8. The van der Waals surface area contributed by atoms with Gasteiger partial charge in [0.1, 0.15) is 11.5 Å². The van der Waals surface area contributed by atoms with Gasteiger partial charge in [0.2, 0.25) is 0 Å². The molecule has 2 heterocycles. The highest BCUT2D eigenvalue weighted by molar-refractivity contribution is 7.25. The maximum Gasteiger partial charge on any atom is 0.132 e. The number of nitrogens with zero attached hydrogens (tertiary/aromatic N) is 1. The van der Waals surface area contributed by atoms with E-state index in [4.69, 9.17) is 4.74 Å². The van der Waals surface area contributed by atoms with E-state index in [1.165, 1.54) is 53.2 Å². The molecule has 0 bridgehead atoms. The largest absolute Gasteiger partial charge is 0.457 e. The molecule has 234 valence electrons. The molecule has 0 fully saturated rings. The van der Waals surface area contributed by atoms with Gasteiger partial charge in [0, 0.05) is 48.4 Å². The summed E-state index contributed by atoms with van der Waals surface area (Å²) in [6.07, 6.45) is 0. The van der Waals surface area contributed by atoms with Gasteiger partial charge in [-0.05, 0) is 87.6 Å². The molecule has 1 aliphatic heterocycles. The van der Waals surface area contributed by atoms with Gasteiger partial charge < -0.3 is 9.64 Å². The van der Waals surface area contributed by atoms with Crippen LogP contribution in [0.1, 0.15) is 22.3 Å². The fourth-order valence-corrected chi connectivity index (χ4v) is 9.83. The van der Waals surface area contributed by atoms with Crippen molar-refractivity contribution in [1.29, 1.82) is 0 Å². The van der Waals surface area contributed by atoms with Crippen LogP contribution >= 0.6 is 11.3 Å². The van der Waals surface area contributed by atoms with Gasteiger partial charge in [0.15, 0.2) is 0 Å². The fourth-order valence-electron chi connectivity index (χ4n) is 8.69. The molecular weight excluding hydrogens is 627 g/mol. The van der Waals surface area contributed by atoms with Crippen LogP contribution in [0, 0.1) is 0 Å². The Bertz CT molecular complexity index is 2760. The van der Waals surface area contributed by atoms with E-state index >= 15 is 0 Å². The average molecular weight is 656 g/mol. The van der Waals surface area contributed by atoms with Crippen molar-refractivity contribution in [3.8, 4) is 22.6 Å². The third kappa shape index (κ3) is 3.73. The predicted molar refractivity (Wildman–Crippen MR) is 209 cm³/mol. The van der Waals surface area contributed by atoms with Crippen molar-refractivity contribution in [2.45, 2.75) is 5.41 Å². The third-order valence-electron chi connectivity index (χ3n) is 10.7. The van der Waals surface area contributed by atoms with Crippen LogP contribution in [0.15, 0.2) is 176 Å². The van der Waals surface area contributed by atoms with E-state index in [2.05, 4.69) is 181 Å². The topological polar surface area (TPSA) is 12.5 Å². The lowest BCUT2D eigenvalue weighted by atomic mass is 9.58. The second kappa shape index (κ2) is 10.4. The Morgan fingerprint density at radius 2 is 1.06 bits per heavy atom. The molecule has 0 N–H and O–H groups in total. The van der Waals surface area contributed by atoms with E-state index in [0.29, 0.717) is 0 Å². The zero-order chi connectivity index (χ0) is 32.8. The Hall–Kier alpha value is -6.16. The molecule has 9 aromatic rings. The lowest BCUT2D eigenvalue weighted by Crippen LogP contribution is -2.36. The van der Waals surface area contributed by atoms with Crippen LogP contribution in [0.5, 0.6) is 11.5 Å². The monoisotopic (exact) mass is 655 g/mol. The van der Waals surface area contributed by atoms with E-state index in [1.54, 1.807) is 0 Å². The number of hydrogen-bond acceptors (Lipinski definition) is 3. The summed E-state index contributed by atoms with van der Waals surface area (Å²) in [6.45, 7) is 0. The Labute approximate surface area is 294 Å². The molecule has 1 spiro atoms. The number of rotatable bonds is 3. The summed E-state index contributed by atoms with van der Waals surface area (Å²) in [6, 6.07) is 64.3. The van der Waals surface area contributed by atoms with Gasteiger partial charge in [-0.15, -0.1) is 11.3 Å². The SMILES string of the molecule is c1ccc(N(c2ccc3c(c2)C2(c4ccccc4Oc4ccccc42)c2cccc4cccc-3c24)c2ccc3c(c2)sc2ccccc23)cc1. The number of benzene rings is 8. The van der Waals surface area contributed by atoms with E-state index in [1.807, 2.05) is 11.3 Å². The normalized spacial score (nSPS) is 13.5. The van der Waals surface area contributed by atoms with Gasteiger partial charge in [-0.2, -0.15) is 0 Å². The molecule has 0 atom stereocenters. The van der Waals surface area contributed by atoms with Crippen LogP contribution in [0.3, 0.4) is 0 Å². The molecule has 0 amide bonds. The molecule has 2 nitrogen and oxygen atoms in total. The highest BCUT2D eigenvalue weighted by atomic mass is 32.1. The lowest BCUT2D eigenvalue weighted by Gasteiger charge is -2.45. The smallest absolute Gasteiger partial charge is 0.132 e. The Morgan fingerprint density at radius 1 is 0.420 bits per heavy atom. The van der Waals surface area contributed by atoms with E-state index in [9.17, 15) is 0 Å². The van der Waals surface area contributed by atoms with Gasteiger partial charge >= 0.3 is 0 Å². The minimum Gasteiger partial charge on any atom is -0.457 e. The van der Waals surface area contributed by atoms with Crippen molar-refractivity contribution in [2.75, 3.05) is 4.90 Å². The van der Waals surface area contributed by atoms with Gasteiger partial charge in [0.25, 0.3) is 0 Å². The third-order valence-corrected chi connectivity index (χ3v) is 11.8. The number of anilines is 3. The highest BCUT2D eigenvalue weighted by Crippen LogP contribution is 2.61. The second-order valence-electron chi connectivity index (χ2n) is 13.2. The van der Waals surface area contributed by atoms with Crippen molar-refractivity contribution < 1.29 is 4.74 Å². The minimum absolute atomic E-state index is 0.595. The Morgan fingerprint density at radius 3 is 1.88 bits per heavy atom. The van der Waals surface area contributed by atoms with E-state index < -0.39 is 5.41 Å².